The quantitative estimate of drug-likeness (QED) is 0.0957. The zero-order valence-corrected chi connectivity index (χ0v) is 43.8. The van der Waals surface area contributed by atoms with Crippen molar-refractivity contribution in [2.75, 3.05) is 9.80 Å². The molecule has 3 aliphatic rings. The molecule has 2 aliphatic heterocycles. The number of carbonyl (C=O) groups excluding carboxylic acids is 4. The highest BCUT2D eigenvalue weighted by Crippen LogP contribution is 2.57. The van der Waals surface area contributed by atoms with Gasteiger partial charge in [0.15, 0.2) is 0 Å². The van der Waals surface area contributed by atoms with Gasteiger partial charge in [-0.2, -0.15) is 0 Å². The predicted octanol–water partition coefficient (Wildman–Crippen LogP) is 15.4. The Morgan fingerprint density at radius 2 is 0.787 bits per heavy atom. The van der Waals surface area contributed by atoms with Gasteiger partial charge in [-0.05, 0) is 186 Å². The molecule has 0 saturated heterocycles. The first kappa shape index (κ1) is 46.9. The number of amides is 4. The van der Waals surface area contributed by atoms with Crippen molar-refractivity contribution in [1.29, 1.82) is 0 Å². The smallest absolute Gasteiger partial charge is 0.354 e. The molecule has 0 bridgehead atoms. The number of nitrogens with zero attached hydrogens (tertiary/aromatic N) is 3. The minimum Gasteiger partial charge on any atom is -0.477 e. The van der Waals surface area contributed by atoms with E-state index in [9.17, 15) is 19.5 Å². The van der Waals surface area contributed by atoms with Crippen molar-refractivity contribution < 1.29 is 29.1 Å². The Balaban J connectivity index is 0.795. The number of carboxylic acid groups (broad SMARTS) is 1. The Labute approximate surface area is 459 Å². The maximum absolute atomic E-state index is 15.1. The van der Waals surface area contributed by atoms with E-state index in [2.05, 4.69) is 89.9 Å². The summed E-state index contributed by atoms with van der Waals surface area (Å²) in [5.74, 6) is -2.64. The van der Waals surface area contributed by atoms with Crippen LogP contribution in [0.25, 0.3) is 76.5 Å². The zero-order valence-electron chi connectivity index (χ0n) is 43.8. The predicted molar refractivity (Wildman–Crippen MR) is 315 cm³/mol. The molecule has 380 valence electrons. The average Bonchev–Trinajstić information content (AvgIpc) is 3.75. The number of hydrogen-bond acceptors (Lipinski definition) is 6. The molecule has 11 aromatic carbocycles. The molecule has 9 nitrogen and oxygen atoms in total. The van der Waals surface area contributed by atoms with E-state index in [0.29, 0.717) is 44.4 Å². The number of aromatic carboxylic acids is 1. The summed E-state index contributed by atoms with van der Waals surface area (Å²) in [7, 11) is 0. The van der Waals surface area contributed by atoms with Gasteiger partial charge in [-0.1, -0.05) is 140 Å². The van der Waals surface area contributed by atoms with Gasteiger partial charge < -0.3 is 5.11 Å². The normalized spacial score (nSPS) is 14.2. The molecule has 1 N–H and O–H groups in total. The highest BCUT2D eigenvalue weighted by molar-refractivity contribution is 6.45. The van der Waals surface area contributed by atoms with Crippen molar-refractivity contribution in [2.45, 2.75) is 33.1 Å². The van der Waals surface area contributed by atoms with E-state index < -0.39 is 23.2 Å². The number of hydrogen-bond donors (Lipinski definition) is 1. The van der Waals surface area contributed by atoms with Crippen molar-refractivity contribution in [3.05, 3.63) is 267 Å². The fourth-order valence-corrected chi connectivity index (χ4v) is 13.9. The number of anilines is 2. The van der Waals surface area contributed by atoms with E-state index in [4.69, 9.17) is 0 Å². The third-order valence-electron chi connectivity index (χ3n) is 17.2. The van der Waals surface area contributed by atoms with Crippen LogP contribution in [0.2, 0.25) is 0 Å². The maximum atomic E-state index is 15.1. The molecule has 12 aromatic rings. The molecule has 0 fully saturated rings. The lowest BCUT2D eigenvalue weighted by atomic mass is 9.67. The summed E-state index contributed by atoms with van der Waals surface area (Å²) < 4.78 is 0. The van der Waals surface area contributed by atoms with Crippen molar-refractivity contribution in [2.24, 2.45) is 0 Å². The molecule has 0 atom stereocenters. The third kappa shape index (κ3) is 6.22. The number of carbonyl (C=O) groups is 5. The molecule has 0 unspecified atom stereocenters. The SMILES string of the molecule is Cc1cccc(C)c1N1C(=O)c2ccc3c4ccc5c6c(ccc(c7ccc(c2c37)C1=O)c64)C(=O)N(c1c(C)cc(-c2ccc(C3(c4ccc(-c6ccnc(C(=O)O)c6)cc4)c4ccccc4-c4ccccc43)cc2)cc1C)C5=O. The van der Waals surface area contributed by atoms with E-state index in [1.807, 2.05) is 113 Å². The second-order valence-electron chi connectivity index (χ2n) is 21.5. The minimum atomic E-state index is -1.08. The van der Waals surface area contributed by atoms with Gasteiger partial charge >= 0.3 is 5.97 Å². The first-order valence-electron chi connectivity index (χ1n) is 26.6. The van der Waals surface area contributed by atoms with Crippen molar-refractivity contribution in [1.82, 2.24) is 4.98 Å². The number of imide groups is 2. The van der Waals surface area contributed by atoms with Crippen LogP contribution in [-0.2, 0) is 5.41 Å². The number of carboxylic acids is 1. The van der Waals surface area contributed by atoms with Crippen molar-refractivity contribution in [3.63, 3.8) is 0 Å². The molecular formula is C71H45N3O6. The zero-order chi connectivity index (χ0) is 54.6. The topological polar surface area (TPSA) is 125 Å². The number of para-hydroxylation sites is 1. The molecule has 0 spiro atoms. The van der Waals surface area contributed by atoms with Gasteiger partial charge in [-0.25, -0.2) is 19.6 Å². The van der Waals surface area contributed by atoms with Crippen LogP contribution in [-0.4, -0.2) is 39.7 Å². The molecule has 80 heavy (non-hydrogen) atoms. The van der Waals surface area contributed by atoms with Crippen LogP contribution < -0.4 is 9.80 Å². The monoisotopic (exact) mass is 1040 g/mol. The molecule has 0 saturated carbocycles. The summed E-state index contributed by atoms with van der Waals surface area (Å²) in [6, 6.07) is 62.4. The van der Waals surface area contributed by atoms with Crippen LogP contribution in [0.4, 0.5) is 11.4 Å². The van der Waals surface area contributed by atoms with Crippen LogP contribution in [0.3, 0.4) is 0 Å². The van der Waals surface area contributed by atoms with E-state index in [-0.39, 0.29) is 17.5 Å². The standard InChI is InChI=1S/C71H45N3O6/c1-37-10-9-11-38(2)64(37)73-66(75)53-28-24-49-51-26-30-55-63-56(31-27-52(61(51)63)50-25-29-54(67(73)76)62(53)60(49)50)69(78)74(68(55)77)65-39(3)34-44(35-40(65)4)42-18-22-46(23-19-42)71(57-14-7-5-12-47(57)48-13-6-8-15-58(48)71)45-20-16-41(17-21-45)43-32-33-72-59(36-43)70(79)80/h5-36H,1-4H3,(H,79,80). The number of benzene rings is 11. The first-order chi connectivity index (χ1) is 38.8. The lowest BCUT2D eigenvalue weighted by molar-refractivity contribution is 0.0689. The minimum absolute atomic E-state index is 0.0130. The fraction of sp³-hybridized carbons (Fsp3) is 0.0704. The van der Waals surface area contributed by atoms with Crippen molar-refractivity contribution in [3.8, 4) is 33.4 Å². The molecule has 4 amide bonds. The van der Waals surface area contributed by atoms with Gasteiger partial charge in [0.25, 0.3) is 23.6 Å². The lowest BCUT2D eigenvalue weighted by Gasteiger charge is -2.34. The summed E-state index contributed by atoms with van der Waals surface area (Å²) in [5.41, 5.74) is 15.7. The van der Waals surface area contributed by atoms with Gasteiger partial charge in [0.1, 0.15) is 5.69 Å². The highest BCUT2D eigenvalue weighted by atomic mass is 16.4. The fourth-order valence-electron chi connectivity index (χ4n) is 13.9. The Morgan fingerprint density at radius 3 is 1.21 bits per heavy atom. The van der Waals surface area contributed by atoms with Crippen LogP contribution >= 0.6 is 0 Å². The maximum Gasteiger partial charge on any atom is 0.354 e. The second-order valence-corrected chi connectivity index (χ2v) is 21.5. The van der Waals surface area contributed by atoms with Gasteiger partial charge in [0, 0.05) is 39.2 Å². The third-order valence-corrected chi connectivity index (χ3v) is 17.2. The molecule has 1 aliphatic carbocycles. The Kier molecular flexibility index (Phi) is 9.85. The Morgan fingerprint density at radius 1 is 0.388 bits per heavy atom. The summed E-state index contributed by atoms with van der Waals surface area (Å²) in [5, 5.41) is 15.8. The Hall–Kier alpha value is -10.4. The number of pyridine rings is 1. The van der Waals surface area contributed by atoms with Gasteiger partial charge in [-0.3, -0.25) is 19.2 Å². The van der Waals surface area contributed by atoms with E-state index >= 15 is 9.59 Å². The number of aryl methyl sites for hydroxylation is 4. The number of fused-ring (bicyclic) bond motifs is 5. The van der Waals surface area contributed by atoms with E-state index in [1.165, 1.54) is 16.0 Å². The van der Waals surface area contributed by atoms with Crippen LogP contribution in [0.5, 0.6) is 0 Å². The second kappa shape index (κ2) is 16.8. The van der Waals surface area contributed by atoms with Crippen LogP contribution in [0.1, 0.15) is 96.4 Å². The Bertz CT molecular complexity index is 4610. The molecule has 15 rings (SSSR count). The lowest BCUT2D eigenvalue weighted by Crippen LogP contribution is -2.41. The van der Waals surface area contributed by atoms with E-state index in [1.54, 1.807) is 18.2 Å². The molecular weight excluding hydrogens is 991 g/mol. The summed E-state index contributed by atoms with van der Waals surface area (Å²) >= 11 is 0. The molecule has 9 heteroatoms. The first-order valence-corrected chi connectivity index (χ1v) is 26.6. The molecule has 1 aromatic heterocycles. The van der Waals surface area contributed by atoms with Crippen LogP contribution in [0, 0.1) is 27.7 Å². The summed E-state index contributed by atoms with van der Waals surface area (Å²) in [6.45, 7) is 7.70. The van der Waals surface area contributed by atoms with E-state index in [0.717, 1.165) is 110 Å². The van der Waals surface area contributed by atoms with Crippen molar-refractivity contribution >= 4 is 84.1 Å². The number of aromatic nitrogens is 1. The largest absolute Gasteiger partial charge is 0.477 e. The van der Waals surface area contributed by atoms with Gasteiger partial charge in [-0.15, -0.1) is 0 Å². The summed E-state index contributed by atoms with van der Waals surface area (Å²) in [6.07, 6.45) is 1.52. The number of rotatable bonds is 7. The highest BCUT2D eigenvalue weighted by Gasteiger charge is 2.46. The van der Waals surface area contributed by atoms with Gasteiger partial charge in [0.2, 0.25) is 0 Å². The van der Waals surface area contributed by atoms with Gasteiger partial charge in [0.05, 0.1) is 16.8 Å². The molecule has 0 radical (unpaired) electrons. The van der Waals surface area contributed by atoms with Crippen LogP contribution in [0.15, 0.2) is 194 Å². The summed E-state index contributed by atoms with van der Waals surface area (Å²) in [4.78, 5) is 77.5. The average molecular weight is 1040 g/mol. The molecule has 3 heterocycles.